The van der Waals surface area contributed by atoms with Gasteiger partial charge in [0.15, 0.2) is 0 Å². The lowest BCUT2D eigenvalue weighted by molar-refractivity contribution is -0.389. The van der Waals surface area contributed by atoms with Crippen LogP contribution in [0.5, 0.6) is 0 Å². The summed E-state index contributed by atoms with van der Waals surface area (Å²) in [4.78, 5) is 12.2. The first-order valence-corrected chi connectivity index (χ1v) is 6.14. The molecule has 1 fully saturated rings. The Morgan fingerprint density at radius 2 is 2.44 bits per heavy atom. The van der Waals surface area contributed by atoms with Crippen molar-refractivity contribution >= 4 is 5.82 Å². The number of aromatic nitrogens is 2. The normalized spacial score (nSPS) is 22.2. The van der Waals surface area contributed by atoms with Crippen molar-refractivity contribution in [3.63, 3.8) is 0 Å². The molecular formula is C11H18N4O3. The monoisotopic (exact) mass is 254 g/mol. The first kappa shape index (κ1) is 13.0. The molecule has 7 nitrogen and oxygen atoms in total. The molecule has 0 aromatic carbocycles. The molecule has 2 unspecified atom stereocenters. The number of likely N-dealkylation sites (tertiary alicyclic amines) is 1. The molecule has 7 heteroatoms. The van der Waals surface area contributed by atoms with Gasteiger partial charge in [0.1, 0.15) is 0 Å². The summed E-state index contributed by atoms with van der Waals surface area (Å²) in [6.45, 7) is 5.13. The summed E-state index contributed by atoms with van der Waals surface area (Å²) in [5.41, 5.74) is 0. The number of hydrogen-bond acceptors (Lipinski definition) is 5. The van der Waals surface area contributed by atoms with E-state index in [1.807, 2.05) is 6.92 Å². The fraction of sp³-hybridized carbons (Fsp3) is 0.727. The summed E-state index contributed by atoms with van der Waals surface area (Å²) in [6.07, 6.45) is 2.37. The van der Waals surface area contributed by atoms with Gasteiger partial charge < -0.3 is 20.1 Å². The van der Waals surface area contributed by atoms with E-state index >= 15 is 0 Å². The number of aliphatic hydroxyl groups excluding tert-OH is 1. The van der Waals surface area contributed by atoms with Gasteiger partial charge in [-0.3, -0.25) is 0 Å². The molecule has 0 aliphatic carbocycles. The number of hydrogen-bond donors (Lipinski definition) is 1. The van der Waals surface area contributed by atoms with Gasteiger partial charge in [-0.2, -0.15) is 4.68 Å². The third kappa shape index (κ3) is 3.05. The molecule has 2 heterocycles. The molecular weight excluding hydrogens is 236 g/mol. The van der Waals surface area contributed by atoms with E-state index in [-0.39, 0.29) is 11.9 Å². The Hall–Kier alpha value is -1.47. The zero-order valence-corrected chi connectivity index (χ0v) is 10.4. The molecule has 1 aromatic rings. The molecule has 0 bridgehead atoms. The van der Waals surface area contributed by atoms with Gasteiger partial charge >= 0.3 is 5.82 Å². The van der Waals surface area contributed by atoms with Gasteiger partial charge in [-0.05, 0) is 30.7 Å². The zero-order chi connectivity index (χ0) is 13.1. The minimum absolute atomic E-state index is 0.113. The van der Waals surface area contributed by atoms with E-state index in [9.17, 15) is 15.2 Å². The molecule has 1 aliphatic heterocycles. The van der Waals surface area contributed by atoms with Crippen LogP contribution in [0.25, 0.3) is 0 Å². The Balaban J connectivity index is 1.80. The quantitative estimate of drug-likeness (QED) is 0.610. The van der Waals surface area contributed by atoms with Gasteiger partial charge in [-0.25, -0.2) is 0 Å². The van der Waals surface area contributed by atoms with Crippen LogP contribution < -0.4 is 0 Å². The van der Waals surface area contributed by atoms with Gasteiger partial charge in [-0.15, -0.1) is 0 Å². The molecule has 1 aromatic heterocycles. The molecule has 0 amide bonds. The lowest BCUT2D eigenvalue weighted by atomic mass is 10.0. The van der Waals surface area contributed by atoms with Gasteiger partial charge in [-0.1, -0.05) is 0 Å². The Kier molecular flexibility index (Phi) is 3.93. The Labute approximate surface area is 105 Å². The van der Waals surface area contributed by atoms with E-state index in [1.165, 1.54) is 6.07 Å². The Morgan fingerprint density at radius 1 is 1.67 bits per heavy atom. The molecule has 18 heavy (non-hydrogen) atoms. The van der Waals surface area contributed by atoms with Crippen LogP contribution in [-0.2, 0) is 6.54 Å². The molecule has 0 spiro atoms. The van der Waals surface area contributed by atoms with Crippen molar-refractivity contribution in [3.8, 4) is 0 Å². The van der Waals surface area contributed by atoms with Crippen LogP contribution in [0.4, 0.5) is 5.82 Å². The van der Waals surface area contributed by atoms with E-state index in [4.69, 9.17) is 0 Å². The third-order valence-corrected chi connectivity index (χ3v) is 3.45. The molecule has 1 N–H and O–H groups in total. The molecule has 1 aliphatic rings. The van der Waals surface area contributed by atoms with Crippen LogP contribution in [0.15, 0.2) is 12.3 Å². The molecule has 100 valence electrons. The largest absolute Gasteiger partial charge is 0.393 e. The summed E-state index contributed by atoms with van der Waals surface area (Å²) in [6, 6.07) is 1.41. The predicted molar refractivity (Wildman–Crippen MR) is 65.1 cm³/mol. The highest BCUT2D eigenvalue weighted by Crippen LogP contribution is 2.19. The number of nitro groups is 1. The van der Waals surface area contributed by atoms with Crippen LogP contribution in [0.3, 0.4) is 0 Å². The minimum Gasteiger partial charge on any atom is -0.393 e. The molecule has 1 saturated heterocycles. The van der Waals surface area contributed by atoms with E-state index in [2.05, 4.69) is 10.00 Å². The highest BCUT2D eigenvalue weighted by molar-refractivity contribution is 5.13. The van der Waals surface area contributed by atoms with Gasteiger partial charge in [0.25, 0.3) is 0 Å². The molecule has 2 rings (SSSR count). The standard InChI is InChI=1S/C11H18N4O3/c1-9(16)10-2-4-13(8-10)6-7-14-5-3-11(12-14)15(17)18/h3,5,9-10,16H,2,4,6-8H2,1H3. The van der Waals surface area contributed by atoms with Crippen molar-refractivity contribution in [2.45, 2.75) is 26.0 Å². The van der Waals surface area contributed by atoms with Crippen LogP contribution >= 0.6 is 0 Å². The summed E-state index contributed by atoms with van der Waals surface area (Å²) < 4.78 is 1.59. The van der Waals surface area contributed by atoms with Crippen LogP contribution in [0.1, 0.15) is 13.3 Å². The van der Waals surface area contributed by atoms with Crippen molar-refractivity contribution in [2.75, 3.05) is 19.6 Å². The highest BCUT2D eigenvalue weighted by atomic mass is 16.6. The summed E-state index contributed by atoms with van der Waals surface area (Å²) >= 11 is 0. The van der Waals surface area contributed by atoms with E-state index < -0.39 is 4.92 Å². The highest BCUT2D eigenvalue weighted by Gasteiger charge is 2.25. The second-order valence-electron chi connectivity index (χ2n) is 4.78. The van der Waals surface area contributed by atoms with Crippen molar-refractivity contribution in [1.82, 2.24) is 14.7 Å². The lowest BCUT2D eigenvalue weighted by Crippen LogP contribution is -2.27. The van der Waals surface area contributed by atoms with Crippen molar-refractivity contribution in [1.29, 1.82) is 0 Å². The fourth-order valence-corrected chi connectivity index (χ4v) is 2.28. The Morgan fingerprint density at radius 3 is 3.00 bits per heavy atom. The first-order valence-electron chi connectivity index (χ1n) is 6.14. The maximum atomic E-state index is 10.5. The summed E-state index contributed by atoms with van der Waals surface area (Å²) in [7, 11) is 0. The fourth-order valence-electron chi connectivity index (χ4n) is 2.28. The SMILES string of the molecule is CC(O)C1CCN(CCn2ccc([N+](=O)[O-])n2)C1. The molecule has 0 saturated carbocycles. The summed E-state index contributed by atoms with van der Waals surface area (Å²) in [5.74, 6) is 0.232. The maximum absolute atomic E-state index is 10.5. The predicted octanol–water partition coefficient (Wildman–Crippen LogP) is 0.494. The second kappa shape index (κ2) is 5.45. The topological polar surface area (TPSA) is 84.4 Å². The maximum Gasteiger partial charge on any atom is 0.389 e. The van der Waals surface area contributed by atoms with Crippen LogP contribution in [-0.4, -0.2) is 50.4 Å². The van der Waals surface area contributed by atoms with E-state index in [0.717, 1.165) is 26.1 Å². The van der Waals surface area contributed by atoms with Crippen LogP contribution in [0, 0.1) is 16.0 Å². The first-order chi connectivity index (χ1) is 8.56. The van der Waals surface area contributed by atoms with Crippen molar-refractivity contribution in [2.24, 2.45) is 5.92 Å². The second-order valence-corrected chi connectivity index (χ2v) is 4.78. The average molecular weight is 254 g/mol. The van der Waals surface area contributed by atoms with Gasteiger partial charge in [0.05, 0.1) is 30.0 Å². The van der Waals surface area contributed by atoms with Gasteiger partial charge in [0.2, 0.25) is 0 Å². The lowest BCUT2D eigenvalue weighted by Gasteiger charge is -2.16. The molecule has 2 atom stereocenters. The zero-order valence-electron chi connectivity index (χ0n) is 10.4. The van der Waals surface area contributed by atoms with Gasteiger partial charge in [0, 0.05) is 13.1 Å². The number of aliphatic hydroxyl groups is 1. The van der Waals surface area contributed by atoms with E-state index in [0.29, 0.717) is 12.5 Å². The smallest absolute Gasteiger partial charge is 0.389 e. The Bertz CT molecular complexity index is 418. The van der Waals surface area contributed by atoms with Crippen LogP contribution in [0.2, 0.25) is 0 Å². The number of rotatable bonds is 5. The van der Waals surface area contributed by atoms with Crippen molar-refractivity contribution < 1.29 is 10.0 Å². The third-order valence-electron chi connectivity index (χ3n) is 3.45. The minimum atomic E-state index is -0.490. The number of nitrogens with zero attached hydrogens (tertiary/aromatic N) is 4. The molecule has 0 radical (unpaired) electrons. The van der Waals surface area contributed by atoms with Crippen molar-refractivity contribution in [3.05, 3.63) is 22.4 Å². The van der Waals surface area contributed by atoms with E-state index in [1.54, 1.807) is 10.9 Å². The average Bonchev–Trinajstić information content (AvgIpc) is 2.95. The summed E-state index contributed by atoms with van der Waals surface area (Å²) in [5, 5.41) is 23.9.